The van der Waals surface area contributed by atoms with E-state index in [9.17, 15) is 4.39 Å². The van der Waals surface area contributed by atoms with E-state index in [0.29, 0.717) is 5.75 Å². The summed E-state index contributed by atoms with van der Waals surface area (Å²) >= 11 is 1.62. The normalized spacial score (nSPS) is 14.4. The lowest BCUT2D eigenvalue weighted by Crippen LogP contribution is -2.20. The van der Waals surface area contributed by atoms with E-state index in [-0.39, 0.29) is 0 Å². The zero-order valence-electron chi connectivity index (χ0n) is 9.84. The summed E-state index contributed by atoms with van der Waals surface area (Å²) in [6.07, 6.45) is 0. The fourth-order valence-electron chi connectivity index (χ4n) is 1.45. The number of alkyl halides is 2. The van der Waals surface area contributed by atoms with Crippen LogP contribution in [0.15, 0.2) is 12.1 Å². The molecule has 0 spiro atoms. The van der Waals surface area contributed by atoms with Gasteiger partial charge in [-0.3, -0.25) is 0 Å². The molecule has 0 aromatic heterocycles. The summed E-state index contributed by atoms with van der Waals surface area (Å²) in [5, 5.41) is 0.856. The molecule has 5 heteroatoms. The van der Waals surface area contributed by atoms with Crippen molar-refractivity contribution >= 4 is 42.8 Å². The number of aryl methyl sites for hydroxylation is 1. The maximum absolute atomic E-state index is 13.4. The minimum atomic E-state index is -1.69. The van der Waals surface area contributed by atoms with E-state index < -0.39 is 3.86 Å². The smallest absolute Gasteiger partial charge is 0.295 e. The number of ether oxygens (including phenoxy) is 1. The Morgan fingerprint density at radius 2 is 2.00 bits per heavy atom. The average molecular weight is 355 g/mol. The van der Waals surface area contributed by atoms with Gasteiger partial charge in [-0.2, -0.15) is 4.39 Å². The zero-order valence-corrected chi connectivity index (χ0v) is 13.2. The topological polar surface area (TPSA) is 12.5 Å². The van der Waals surface area contributed by atoms with E-state index in [0.717, 1.165) is 16.6 Å². The lowest BCUT2D eigenvalue weighted by atomic mass is 10.2. The van der Waals surface area contributed by atoms with Gasteiger partial charge < -0.3 is 9.64 Å². The second-order valence-electron chi connectivity index (χ2n) is 3.98. The molecule has 2 nitrogen and oxygen atoms in total. The monoisotopic (exact) mass is 355 g/mol. The highest BCUT2D eigenvalue weighted by molar-refractivity contribution is 14.1. The molecular formula is C11H16FINOP. The molecule has 0 fully saturated rings. The summed E-state index contributed by atoms with van der Waals surface area (Å²) in [5.74, 6) is 0.562. The molecule has 0 heterocycles. The van der Waals surface area contributed by atoms with Gasteiger partial charge in [0.1, 0.15) is 5.75 Å². The number of hydrogen-bond acceptors (Lipinski definition) is 2. The molecule has 0 N–H and O–H groups in total. The molecular weight excluding hydrogens is 339 g/mol. The van der Waals surface area contributed by atoms with Crippen molar-refractivity contribution in [1.29, 1.82) is 0 Å². The average Bonchev–Trinajstić information content (AvgIpc) is 2.07. The maximum Gasteiger partial charge on any atom is 0.295 e. The van der Waals surface area contributed by atoms with Crippen molar-refractivity contribution in [3.05, 3.63) is 17.7 Å². The Balaban J connectivity index is 3.11. The Bertz CT molecular complexity index is 390. The third-order valence-corrected chi connectivity index (χ3v) is 2.77. The van der Waals surface area contributed by atoms with Crippen molar-refractivity contribution in [3.8, 4) is 5.75 Å². The van der Waals surface area contributed by atoms with Crippen LogP contribution in [0.4, 0.5) is 10.1 Å². The Morgan fingerprint density at radius 3 is 2.44 bits per heavy atom. The second-order valence-corrected chi connectivity index (χ2v) is 6.53. The van der Waals surface area contributed by atoms with Gasteiger partial charge in [0, 0.05) is 54.6 Å². The van der Waals surface area contributed by atoms with Gasteiger partial charge in [-0.05, 0) is 24.6 Å². The van der Waals surface area contributed by atoms with E-state index in [4.69, 9.17) is 4.74 Å². The molecule has 2 unspecified atom stereocenters. The highest BCUT2D eigenvalue weighted by atomic mass is 127. The third kappa shape index (κ3) is 3.74. The van der Waals surface area contributed by atoms with Gasteiger partial charge in [-0.25, -0.2) is 0 Å². The number of rotatable bonds is 3. The Hall–Kier alpha value is -0.0900. The highest BCUT2D eigenvalue weighted by Crippen LogP contribution is 2.29. The first-order chi connectivity index (χ1) is 7.20. The van der Waals surface area contributed by atoms with Gasteiger partial charge in [0.25, 0.3) is 3.86 Å². The van der Waals surface area contributed by atoms with E-state index in [1.165, 1.54) is 6.92 Å². The fourth-order valence-corrected chi connectivity index (χ4v) is 1.99. The van der Waals surface area contributed by atoms with Gasteiger partial charge in [0.15, 0.2) is 0 Å². The standard InChI is InChI=1S/C11H16FINOP/c1-7-5-9(15-11(2,12)13)10(16)6-8(7)14(3)4/h5-6H,16H2,1-4H3. The van der Waals surface area contributed by atoms with Crippen LogP contribution in [0.5, 0.6) is 5.75 Å². The molecule has 90 valence electrons. The van der Waals surface area contributed by atoms with Crippen LogP contribution in [0.3, 0.4) is 0 Å². The van der Waals surface area contributed by atoms with Crippen LogP contribution in [0.2, 0.25) is 0 Å². The van der Waals surface area contributed by atoms with Crippen molar-refractivity contribution in [2.75, 3.05) is 19.0 Å². The number of nitrogens with zero attached hydrogens (tertiary/aromatic N) is 1. The minimum absolute atomic E-state index is 0.562. The maximum atomic E-state index is 13.4. The van der Waals surface area contributed by atoms with E-state index in [1.54, 1.807) is 22.6 Å². The second kappa shape index (κ2) is 5.05. The fraction of sp³-hybridized carbons (Fsp3) is 0.455. The van der Waals surface area contributed by atoms with Crippen LogP contribution in [-0.2, 0) is 0 Å². The molecule has 0 aliphatic rings. The van der Waals surface area contributed by atoms with Crippen LogP contribution < -0.4 is 14.9 Å². The summed E-state index contributed by atoms with van der Waals surface area (Å²) in [5.41, 5.74) is 2.17. The summed E-state index contributed by atoms with van der Waals surface area (Å²) < 4.78 is 16.9. The van der Waals surface area contributed by atoms with E-state index >= 15 is 0 Å². The van der Waals surface area contributed by atoms with Gasteiger partial charge >= 0.3 is 0 Å². The molecule has 0 radical (unpaired) electrons. The van der Waals surface area contributed by atoms with Crippen LogP contribution >= 0.6 is 31.8 Å². The van der Waals surface area contributed by atoms with Gasteiger partial charge in [-0.15, -0.1) is 9.24 Å². The van der Waals surface area contributed by atoms with Gasteiger partial charge in [-0.1, -0.05) is 0 Å². The number of benzene rings is 1. The van der Waals surface area contributed by atoms with Crippen LogP contribution in [0.1, 0.15) is 12.5 Å². The molecule has 0 amide bonds. The van der Waals surface area contributed by atoms with Gasteiger partial charge in [0.05, 0.1) is 0 Å². The first-order valence-corrected chi connectivity index (χ1v) is 6.50. The largest absolute Gasteiger partial charge is 0.449 e. The van der Waals surface area contributed by atoms with Crippen LogP contribution in [0, 0.1) is 6.92 Å². The summed E-state index contributed by atoms with van der Waals surface area (Å²) in [7, 11) is 6.52. The Labute approximate surface area is 112 Å². The molecule has 1 aromatic carbocycles. The molecule has 2 atom stereocenters. The quantitative estimate of drug-likeness (QED) is 0.470. The predicted octanol–water partition coefficient (Wildman–Crippen LogP) is 3.02. The third-order valence-electron chi connectivity index (χ3n) is 2.10. The first kappa shape index (κ1) is 14.0. The van der Waals surface area contributed by atoms with Crippen molar-refractivity contribution in [2.24, 2.45) is 0 Å². The number of anilines is 1. The number of halogens is 2. The molecule has 0 saturated heterocycles. The molecule has 0 bridgehead atoms. The molecule has 0 saturated carbocycles. The summed E-state index contributed by atoms with van der Waals surface area (Å²) in [6, 6.07) is 3.83. The van der Waals surface area contributed by atoms with E-state index in [1.807, 2.05) is 38.1 Å². The first-order valence-electron chi connectivity index (χ1n) is 4.85. The molecule has 16 heavy (non-hydrogen) atoms. The Kier molecular flexibility index (Phi) is 4.41. The molecule has 1 rings (SSSR count). The minimum Gasteiger partial charge on any atom is -0.449 e. The van der Waals surface area contributed by atoms with Crippen molar-refractivity contribution < 1.29 is 9.13 Å². The van der Waals surface area contributed by atoms with E-state index in [2.05, 4.69) is 9.24 Å². The predicted molar refractivity (Wildman–Crippen MR) is 79.0 cm³/mol. The van der Waals surface area contributed by atoms with Crippen molar-refractivity contribution in [1.82, 2.24) is 0 Å². The molecule has 0 aliphatic carbocycles. The van der Waals surface area contributed by atoms with Gasteiger partial charge in [0.2, 0.25) is 0 Å². The SMILES string of the molecule is Cc1cc(OC(C)(F)I)c(P)cc1N(C)C. The van der Waals surface area contributed by atoms with Crippen molar-refractivity contribution in [3.63, 3.8) is 0 Å². The number of hydrogen-bond donors (Lipinski definition) is 0. The zero-order chi connectivity index (χ0) is 12.5. The molecule has 0 aliphatic heterocycles. The summed E-state index contributed by atoms with van der Waals surface area (Å²) in [4.78, 5) is 2.02. The lowest BCUT2D eigenvalue weighted by molar-refractivity contribution is 0.0684. The molecule has 1 aromatic rings. The van der Waals surface area contributed by atoms with Crippen LogP contribution in [-0.4, -0.2) is 18.0 Å². The Morgan fingerprint density at radius 1 is 1.44 bits per heavy atom. The lowest BCUT2D eigenvalue weighted by Gasteiger charge is -2.21. The van der Waals surface area contributed by atoms with Crippen molar-refractivity contribution in [2.45, 2.75) is 17.7 Å². The summed E-state index contributed by atoms with van der Waals surface area (Å²) in [6.45, 7) is 3.36. The highest BCUT2D eigenvalue weighted by Gasteiger charge is 2.21. The van der Waals surface area contributed by atoms with Crippen LogP contribution in [0.25, 0.3) is 0 Å².